The molecular weight excluding hydrogens is 539 g/mol. The standard InChI is InChI=1S/C25H36F3N3O.C9H20O/c1-6-19(3)24(31-14-13-30-16-18(2)7-8-22(30)17-31)15-20(4)29(5)21-9-11-23(12-10-21)32-25(26,27)28;1-4-7-10-8-6-9(3)5-2/h9-12,15,18,22H,6-8,13-14,16-17H2,1-5H3;9H,4-8H2,1-3H3/b20-15-,24-19-;. The van der Waals surface area contributed by atoms with Crippen molar-refractivity contribution in [2.75, 3.05) is 51.3 Å². The Morgan fingerprint density at radius 1 is 1.05 bits per heavy atom. The van der Waals surface area contributed by atoms with Gasteiger partial charge in [-0.1, -0.05) is 46.6 Å². The quantitative estimate of drug-likeness (QED) is 0.178. The number of hydrogen-bond acceptors (Lipinski definition) is 5. The van der Waals surface area contributed by atoms with Gasteiger partial charge in [0.25, 0.3) is 0 Å². The minimum Gasteiger partial charge on any atom is -0.406 e. The highest BCUT2D eigenvalue weighted by Gasteiger charge is 2.32. The van der Waals surface area contributed by atoms with Gasteiger partial charge in [0.05, 0.1) is 0 Å². The summed E-state index contributed by atoms with van der Waals surface area (Å²) in [5.41, 5.74) is 4.47. The van der Waals surface area contributed by atoms with Crippen molar-refractivity contribution in [3.8, 4) is 5.75 Å². The van der Waals surface area contributed by atoms with Gasteiger partial charge >= 0.3 is 6.36 Å². The average molecular weight is 596 g/mol. The van der Waals surface area contributed by atoms with Crippen molar-refractivity contribution in [2.45, 2.75) is 99.4 Å². The molecule has 2 heterocycles. The normalized spacial score (nSPS) is 21.1. The van der Waals surface area contributed by atoms with E-state index in [1.807, 2.05) is 18.9 Å². The molecular formula is C34H56F3N3O2. The van der Waals surface area contributed by atoms with Crippen LogP contribution in [0.2, 0.25) is 0 Å². The highest BCUT2D eigenvalue weighted by Crippen LogP contribution is 2.30. The smallest absolute Gasteiger partial charge is 0.406 e. The molecule has 42 heavy (non-hydrogen) atoms. The third kappa shape index (κ3) is 12.2. The highest BCUT2D eigenvalue weighted by atomic mass is 19.4. The minimum absolute atomic E-state index is 0.210. The van der Waals surface area contributed by atoms with Gasteiger partial charge in [0.1, 0.15) is 5.75 Å². The van der Waals surface area contributed by atoms with Crippen molar-refractivity contribution < 1.29 is 22.6 Å². The van der Waals surface area contributed by atoms with Crippen LogP contribution in [0.25, 0.3) is 0 Å². The van der Waals surface area contributed by atoms with Crippen LogP contribution in [0.4, 0.5) is 18.9 Å². The number of fused-ring (bicyclic) bond motifs is 1. The predicted molar refractivity (Wildman–Crippen MR) is 169 cm³/mol. The zero-order chi connectivity index (χ0) is 31.3. The molecule has 240 valence electrons. The van der Waals surface area contributed by atoms with E-state index in [2.05, 4.69) is 62.2 Å². The van der Waals surface area contributed by atoms with Crippen LogP contribution in [-0.4, -0.2) is 68.6 Å². The van der Waals surface area contributed by atoms with E-state index in [1.54, 1.807) is 12.1 Å². The first kappa shape index (κ1) is 36.0. The SMILES string of the molecule is CC/C(C)=C(/C=C(/C)N(C)c1ccc(OC(F)(F)F)cc1)N1CCN2CC(C)CCC2C1.CCCOCCC(C)CC. The molecule has 0 spiro atoms. The van der Waals surface area contributed by atoms with Crippen LogP contribution in [0.5, 0.6) is 5.75 Å². The fraction of sp³-hybridized carbons (Fsp3) is 0.706. The van der Waals surface area contributed by atoms with Crippen LogP contribution >= 0.6 is 0 Å². The Hall–Kier alpha value is -2.19. The van der Waals surface area contributed by atoms with Crippen molar-refractivity contribution in [1.29, 1.82) is 0 Å². The van der Waals surface area contributed by atoms with Crippen LogP contribution < -0.4 is 9.64 Å². The van der Waals surface area contributed by atoms with Crippen LogP contribution in [0.3, 0.4) is 0 Å². The molecule has 3 atom stereocenters. The Morgan fingerprint density at radius 2 is 1.74 bits per heavy atom. The fourth-order valence-electron chi connectivity index (χ4n) is 5.36. The van der Waals surface area contributed by atoms with Crippen molar-refractivity contribution >= 4 is 5.69 Å². The summed E-state index contributed by atoms with van der Waals surface area (Å²) in [5, 5.41) is 0. The molecule has 0 amide bonds. The molecule has 0 aromatic heterocycles. The number of piperazine rings is 1. The minimum atomic E-state index is -4.68. The molecule has 1 aromatic carbocycles. The number of alkyl halides is 3. The molecule has 0 bridgehead atoms. The molecule has 1 aromatic rings. The Morgan fingerprint density at radius 3 is 2.33 bits per heavy atom. The molecule has 3 rings (SSSR count). The summed E-state index contributed by atoms with van der Waals surface area (Å²) in [6.07, 6.45) is 4.71. The lowest BCUT2D eigenvalue weighted by molar-refractivity contribution is -0.274. The summed E-state index contributed by atoms with van der Waals surface area (Å²) in [6.45, 7) is 21.7. The van der Waals surface area contributed by atoms with Crippen LogP contribution in [0, 0.1) is 11.8 Å². The summed E-state index contributed by atoms with van der Waals surface area (Å²) in [4.78, 5) is 7.17. The van der Waals surface area contributed by atoms with Crippen LogP contribution in [0.15, 0.2) is 47.3 Å². The molecule has 5 nitrogen and oxygen atoms in total. The number of benzene rings is 1. The second-order valence-electron chi connectivity index (χ2n) is 12.1. The van der Waals surface area contributed by atoms with Gasteiger partial charge in [-0.2, -0.15) is 0 Å². The Labute approximate surface area is 253 Å². The van der Waals surface area contributed by atoms with E-state index < -0.39 is 6.36 Å². The first-order chi connectivity index (χ1) is 19.9. The first-order valence-electron chi connectivity index (χ1n) is 15.9. The number of ether oxygens (including phenoxy) is 2. The lowest BCUT2D eigenvalue weighted by Gasteiger charge is -2.47. The Bertz CT molecular complexity index is 977. The summed E-state index contributed by atoms with van der Waals surface area (Å²) >= 11 is 0. The Kier molecular flexibility index (Phi) is 15.3. The van der Waals surface area contributed by atoms with Crippen LogP contribution in [-0.2, 0) is 4.74 Å². The fourth-order valence-corrected chi connectivity index (χ4v) is 5.36. The van der Waals surface area contributed by atoms with Gasteiger partial charge in [-0.15, -0.1) is 13.2 Å². The highest BCUT2D eigenvalue weighted by molar-refractivity contribution is 5.53. The molecule has 2 aliphatic heterocycles. The second-order valence-corrected chi connectivity index (χ2v) is 12.1. The summed E-state index contributed by atoms with van der Waals surface area (Å²) < 4.78 is 46.6. The molecule has 3 unspecified atom stereocenters. The lowest BCUT2D eigenvalue weighted by Crippen LogP contribution is -2.55. The summed E-state index contributed by atoms with van der Waals surface area (Å²) in [6, 6.07) is 6.62. The van der Waals surface area contributed by atoms with Crippen LogP contribution in [0.1, 0.15) is 87.0 Å². The van der Waals surface area contributed by atoms with E-state index in [9.17, 15) is 13.2 Å². The first-order valence-corrected chi connectivity index (χ1v) is 15.9. The molecule has 2 aliphatic rings. The van der Waals surface area contributed by atoms with E-state index in [1.165, 1.54) is 55.6 Å². The number of allylic oxidation sites excluding steroid dienone is 3. The van der Waals surface area contributed by atoms with Gasteiger partial charge in [-0.25, -0.2) is 0 Å². The lowest BCUT2D eigenvalue weighted by atomic mass is 9.92. The van der Waals surface area contributed by atoms with E-state index in [0.29, 0.717) is 6.04 Å². The molecule has 0 radical (unpaired) electrons. The number of rotatable bonds is 12. The zero-order valence-electron chi connectivity index (χ0n) is 27.4. The average Bonchev–Trinajstić information content (AvgIpc) is 2.96. The van der Waals surface area contributed by atoms with E-state index in [4.69, 9.17) is 4.74 Å². The van der Waals surface area contributed by atoms with E-state index in [0.717, 1.165) is 68.9 Å². The molecule has 0 N–H and O–H groups in total. The van der Waals surface area contributed by atoms with Gasteiger partial charge in [-0.05, 0) is 88.1 Å². The third-order valence-corrected chi connectivity index (χ3v) is 8.58. The maximum atomic E-state index is 12.4. The topological polar surface area (TPSA) is 28.2 Å². The van der Waals surface area contributed by atoms with Crippen molar-refractivity contribution in [2.24, 2.45) is 11.8 Å². The Balaban J connectivity index is 0.000000528. The van der Waals surface area contributed by atoms with Gasteiger partial charge in [0, 0.05) is 69.6 Å². The van der Waals surface area contributed by atoms with E-state index >= 15 is 0 Å². The monoisotopic (exact) mass is 595 g/mol. The zero-order valence-corrected chi connectivity index (χ0v) is 27.4. The number of halogens is 3. The van der Waals surface area contributed by atoms with Crippen molar-refractivity contribution in [3.05, 3.63) is 47.3 Å². The number of piperidine rings is 1. The number of nitrogens with zero attached hydrogens (tertiary/aromatic N) is 3. The molecule has 2 saturated heterocycles. The van der Waals surface area contributed by atoms with Crippen molar-refractivity contribution in [1.82, 2.24) is 9.80 Å². The second kappa shape index (κ2) is 17.8. The van der Waals surface area contributed by atoms with Gasteiger partial charge in [-0.3, -0.25) is 4.90 Å². The van der Waals surface area contributed by atoms with Crippen molar-refractivity contribution in [3.63, 3.8) is 0 Å². The molecule has 0 aliphatic carbocycles. The molecule has 2 fully saturated rings. The van der Waals surface area contributed by atoms with Gasteiger partial charge in [0.2, 0.25) is 0 Å². The predicted octanol–water partition coefficient (Wildman–Crippen LogP) is 8.87. The summed E-state index contributed by atoms with van der Waals surface area (Å²) in [5.74, 6) is 1.41. The molecule has 0 saturated carbocycles. The largest absolute Gasteiger partial charge is 0.573 e. The maximum absolute atomic E-state index is 12.4. The third-order valence-electron chi connectivity index (χ3n) is 8.58. The van der Waals surface area contributed by atoms with Gasteiger partial charge in [0.15, 0.2) is 0 Å². The maximum Gasteiger partial charge on any atom is 0.573 e. The van der Waals surface area contributed by atoms with Gasteiger partial charge < -0.3 is 19.3 Å². The number of hydrogen-bond donors (Lipinski definition) is 0. The number of anilines is 1. The van der Waals surface area contributed by atoms with E-state index in [-0.39, 0.29) is 5.75 Å². The summed E-state index contributed by atoms with van der Waals surface area (Å²) in [7, 11) is 1.94. The molecule has 8 heteroatoms.